The lowest BCUT2D eigenvalue weighted by Crippen LogP contribution is -1.98. The van der Waals surface area contributed by atoms with Gasteiger partial charge in [0.25, 0.3) is 5.89 Å². The van der Waals surface area contributed by atoms with E-state index in [9.17, 15) is 4.39 Å². The molecule has 0 amide bonds. The maximum Gasteiger partial charge on any atom is 0.261 e. The van der Waals surface area contributed by atoms with Gasteiger partial charge >= 0.3 is 0 Å². The van der Waals surface area contributed by atoms with Crippen LogP contribution in [0.15, 0.2) is 47.1 Å². The highest BCUT2D eigenvalue weighted by Crippen LogP contribution is 2.40. The molecule has 0 bridgehead atoms. The molecule has 0 spiro atoms. The molecule has 0 saturated heterocycles. The van der Waals surface area contributed by atoms with E-state index in [4.69, 9.17) is 4.52 Å². The Morgan fingerprint density at radius 1 is 1.07 bits per heavy atom. The molecule has 1 aliphatic carbocycles. The zero-order chi connectivity index (χ0) is 18.4. The first-order valence-corrected chi connectivity index (χ1v) is 8.80. The third-order valence-electron chi connectivity index (χ3n) is 4.60. The molecule has 6 nitrogen and oxygen atoms in total. The second-order valence-electron chi connectivity index (χ2n) is 6.73. The van der Waals surface area contributed by atoms with E-state index in [1.54, 1.807) is 18.3 Å². The van der Waals surface area contributed by atoms with Crippen molar-refractivity contribution in [2.24, 2.45) is 0 Å². The van der Waals surface area contributed by atoms with E-state index in [-0.39, 0.29) is 5.82 Å². The van der Waals surface area contributed by atoms with Crippen molar-refractivity contribution in [1.29, 1.82) is 0 Å². The lowest BCUT2D eigenvalue weighted by Gasteiger charge is -2.13. The van der Waals surface area contributed by atoms with Crippen LogP contribution in [0.3, 0.4) is 0 Å². The van der Waals surface area contributed by atoms with Crippen molar-refractivity contribution in [3.05, 3.63) is 59.9 Å². The van der Waals surface area contributed by atoms with Crippen LogP contribution in [-0.4, -0.2) is 20.1 Å². The van der Waals surface area contributed by atoms with Gasteiger partial charge in [-0.2, -0.15) is 4.98 Å². The van der Waals surface area contributed by atoms with Crippen molar-refractivity contribution >= 4 is 22.4 Å². The number of hydrogen-bond acceptors (Lipinski definition) is 6. The molecular weight excluding hydrogens is 345 g/mol. The van der Waals surface area contributed by atoms with Crippen molar-refractivity contribution in [2.45, 2.75) is 25.7 Å². The van der Waals surface area contributed by atoms with Gasteiger partial charge < -0.3 is 9.84 Å². The average molecular weight is 361 g/mol. The predicted molar refractivity (Wildman–Crippen MR) is 99.2 cm³/mol. The van der Waals surface area contributed by atoms with E-state index >= 15 is 0 Å². The molecule has 7 heteroatoms. The summed E-state index contributed by atoms with van der Waals surface area (Å²) in [6.07, 6.45) is 3.88. The summed E-state index contributed by atoms with van der Waals surface area (Å²) in [6.45, 7) is 1.92. The molecule has 27 heavy (non-hydrogen) atoms. The number of pyridine rings is 2. The maximum atomic E-state index is 13.3. The minimum Gasteiger partial charge on any atom is -0.354 e. The van der Waals surface area contributed by atoms with Crippen LogP contribution in [-0.2, 0) is 0 Å². The highest BCUT2D eigenvalue weighted by Gasteiger charge is 2.29. The van der Waals surface area contributed by atoms with E-state index in [2.05, 4.69) is 25.4 Å². The first-order chi connectivity index (χ1) is 13.2. The lowest BCUT2D eigenvalue weighted by atomic mass is 10.1. The zero-order valence-electron chi connectivity index (χ0n) is 14.6. The van der Waals surface area contributed by atoms with E-state index in [0.717, 1.165) is 41.1 Å². The summed E-state index contributed by atoms with van der Waals surface area (Å²) in [6, 6.07) is 10.1. The van der Waals surface area contributed by atoms with Gasteiger partial charge in [-0.1, -0.05) is 5.16 Å². The Morgan fingerprint density at radius 3 is 2.67 bits per heavy atom. The molecule has 1 aromatic carbocycles. The van der Waals surface area contributed by atoms with Crippen LogP contribution in [0.2, 0.25) is 0 Å². The lowest BCUT2D eigenvalue weighted by molar-refractivity contribution is 0.423. The van der Waals surface area contributed by atoms with Gasteiger partial charge in [0.1, 0.15) is 5.82 Å². The van der Waals surface area contributed by atoms with Crippen molar-refractivity contribution in [3.8, 4) is 11.5 Å². The monoisotopic (exact) mass is 361 g/mol. The average Bonchev–Trinajstić information content (AvgIpc) is 3.41. The van der Waals surface area contributed by atoms with Crippen LogP contribution < -0.4 is 5.32 Å². The van der Waals surface area contributed by atoms with Crippen LogP contribution in [0.25, 0.3) is 22.5 Å². The smallest absolute Gasteiger partial charge is 0.261 e. The fraction of sp³-hybridized carbons (Fsp3) is 0.200. The fourth-order valence-corrected chi connectivity index (χ4v) is 3.00. The first-order valence-electron chi connectivity index (χ1n) is 8.80. The largest absolute Gasteiger partial charge is 0.354 e. The molecule has 0 unspecified atom stereocenters. The summed E-state index contributed by atoms with van der Waals surface area (Å²) in [4.78, 5) is 13.5. The third kappa shape index (κ3) is 3.01. The predicted octanol–water partition coefficient (Wildman–Crippen LogP) is 4.75. The molecule has 1 aliphatic rings. The van der Waals surface area contributed by atoms with Gasteiger partial charge in [-0.05, 0) is 56.2 Å². The van der Waals surface area contributed by atoms with Gasteiger partial charge in [0.2, 0.25) is 0 Å². The number of anilines is 2. The van der Waals surface area contributed by atoms with Gasteiger partial charge in [-0.25, -0.2) is 14.4 Å². The molecule has 0 radical (unpaired) electrons. The summed E-state index contributed by atoms with van der Waals surface area (Å²) < 4.78 is 18.8. The minimum atomic E-state index is -0.288. The summed E-state index contributed by atoms with van der Waals surface area (Å²) in [7, 11) is 0. The van der Waals surface area contributed by atoms with Crippen LogP contribution >= 0.6 is 0 Å². The van der Waals surface area contributed by atoms with Crippen LogP contribution in [0.5, 0.6) is 0 Å². The Kier molecular flexibility index (Phi) is 3.60. The summed E-state index contributed by atoms with van der Waals surface area (Å²) >= 11 is 0. The van der Waals surface area contributed by atoms with Crippen molar-refractivity contribution in [2.75, 3.05) is 5.32 Å². The molecular formula is C20H16FN5O. The third-order valence-corrected chi connectivity index (χ3v) is 4.60. The summed E-state index contributed by atoms with van der Waals surface area (Å²) in [5.74, 6) is 1.26. The Balaban J connectivity index is 1.66. The number of fused-ring (bicyclic) bond motifs is 1. The molecule has 1 saturated carbocycles. The number of nitrogens with zero attached hydrogens (tertiary/aromatic N) is 4. The number of aromatic nitrogens is 4. The van der Waals surface area contributed by atoms with Gasteiger partial charge in [0.15, 0.2) is 11.5 Å². The molecule has 0 aliphatic heterocycles. The molecule has 0 atom stereocenters. The number of aryl methyl sites for hydroxylation is 1. The molecule has 4 aromatic rings. The van der Waals surface area contributed by atoms with Crippen LogP contribution in [0.1, 0.15) is 30.3 Å². The molecule has 3 heterocycles. The van der Waals surface area contributed by atoms with Gasteiger partial charge in [-0.3, -0.25) is 0 Å². The first kappa shape index (κ1) is 15.9. The topological polar surface area (TPSA) is 76.7 Å². The number of hydrogen-bond donors (Lipinski definition) is 1. The van der Waals surface area contributed by atoms with Crippen molar-refractivity contribution < 1.29 is 8.91 Å². The van der Waals surface area contributed by atoms with Crippen molar-refractivity contribution in [1.82, 2.24) is 20.1 Å². The SMILES string of the molecule is Cc1ccc2c(Nc3ccc(F)cc3)c(-c3nc(C4CC4)no3)cnc2n1. The summed E-state index contributed by atoms with van der Waals surface area (Å²) in [5, 5.41) is 8.27. The molecule has 5 rings (SSSR count). The number of halogens is 1. The second kappa shape index (κ2) is 6.12. The van der Waals surface area contributed by atoms with Gasteiger partial charge in [-0.15, -0.1) is 0 Å². The Hall–Kier alpha value is -3.35. The van der Waals surface area contributed by atoms with Crippen LogP contribution in [0.4, 0.5) is 15.8 Å². The highest BCUT2D eigenvalue weighted by atomic mass is 19.1. The second-order valence-corrected chi connectivity index (χ2v) is 6.73. The maximum absolute atomic E-state index is 13.3. The number of benzene rings is 1. The zero-order valence-corrected chi connectivity index (χ0v) is 14.6. The Labute approximate surface area is 154 Å². The highest BCUT2D eigenvalue weighted by molar-refractivity contribution is 5.98. The van der Waals surface area contributed by atoms with E-state index in [1.165, 1.54) is 12.1 Å². The van der Waals surface area contributed by atoms with E-state index in [0.29, 0.717) is 23.0 Å². The normalized spacial score (nSPS) is 13.9. The van der Waals surface area contributed by atoms with Gasteiger partial charge in [0, 0.05) is 28.9 Å². The van der Waals surface area contributed by atoms with E-state index in [1.807, 2.05) is 19.1 Å². The Morgan fingerprint density at radius 2 is 1.89 bits per heavy atom. The standard InChI is InChI=1S/C20H16FN5O/c1-11-2-9-15-17(24-14-7-5-13(21)6-8-14)16(10-22-19(15)23-11)20-25-18(26-27-20)12-3-4-12/h2,5-10,12H,3-4H2,1H3,(H,22,23,24). The number of nitrogens with one attached hydrogen (secondary N) is 1. The molecule has 1 fully saturated rings. The van der Waals surface area contributed by atoms with E-state index < -0.39 is 0 Å². The van der Waals surface area contributed by atoms with Crippen molar-refractivity contribution in [3.63, 3.8) is 0 Å². The molecule has 134 valence electrons. The quantitative estimate of drug-likeness (QED) is 0.565. The van der Waals surface area contributed by atoms with Crippen LogP contribution in [0, 0.1) is 12.7 Å². The van der Waals surface area contributed by atoms with Gasteiger partial charge in [0.05, 0.1) is 11.3 Å². The molecule has 1 N–H and O–H groups in total. The summed E-state index contributed by atoms with van der Waals surface area (Å²) in [5.41, 5.74) is 3.68. The number of rotatable bonds is 4. The fourth-order valence-electron chi connectivity index (χ4n) is 3.00. The molecule has 3 aromatic heterocycles. The minimum absolute atomic E-state index is 0.288. The Bertz CT molecular complexity index is 1140.